The predicted molar refractivity (Wildman–Crippen MR) is 80.2 cm³/mol. The van der Waals surface area contributed by atoms with E-state index >= 15 is 0 Å². The van der Waals surface area contributed by atoms with E-state index < -0.39 is 4.92 Å². The van der Waals surface area contributed by atoms with E-state index in [1.54, 1.807) is 12.1 Å². The van der Waals surface area contributed by atoms with Gasteiger partial charge in [0, 0.05) is 24.2 Å². The van der Waals surface area contributed by atoms with Gasteiger partial charge in [0.2, 0.25) is 0 Å². The number of carbonyl (C=O) groups excluding carboxylic acids is 1. The van der Waals surface area contributed by atoms with Gasteiger partial charge >= 0.3 is 0 Å². The number of benzene rings is 2. The van der Waals surface area contributed by atoms with Crippen LogP contribution in [0.25, 0.3) is 0 Å². The topological polar surface area (TPSA) is 72.2 Å². The van der Waals surface area contributed by atoms with Gasteiger partial charge in [0.1, 0.15) is 5.82 Å². The number of hydrogen-bond donors (Lipinski definition) is 1. The SMILES string of the molecule is O=C(NCCCc1ccc(F)cc1)c1ccc([N+](=O)[O-])cc1. The summed E-state index contributed by atoms with van der Waals surface area (Å²) in [6.45, 7) is 0.479. The molecule has 0 unspecified atom stereocenters. The summed E-state index contributed by atoms with van der Waals surface area (Å²) in [5, 5.41) is 13.3. The van der Waals surface area contributed by atoms with Crippen molar-refractivity contribution >= 4 is 11.6 Å². The van der Waals surface area contributed by atoms with Crippen LogP contribution in [0.4, 0.5) is 10.1 Å². The monoisotopic (exact) mass is 302 g/mol. The Hall–Kier alpha value is -2.76. The number of nitro groups is 1. The summed E-state index contributed by atoms with van der Waals surface area (Å²) in [5.74, 6) is -0.538. The molecule has 0 aliphatic carbocycles. The number of aryl methyl sites for hydroxylation is 1. The number of halogens is 1. The van der Waals surface area contributed by atoms with Crippen LogP contribution in [0.2, 0.25) is 0 Å². The fourth-order valence-electron chi connectivity index (χ4n) is 1.98. The molecule has 0 fully saturated rings. The summed E-state index contributed by atoms with van der Waals surface area (Å²) in [6, 6.07) is 11.7. The van der Waals surface area contributed by atoms with Crippen LogP contribution in [-0.2, 0) is 6.42 Å². The number of nitro benzene ring substituents is 1. The lowest BCUT2D eigenvalue weighted by Crippen LogP contribution is -2.24. The molecular formula is C16H15FN2O3. The Morgan fingerprint density at radius 3 is 2.32 bits per heavy atom. The van der Waals surface area contributed by atoms with E-state index in [4.69, 9.17) is 0 Å². The van der Waals surface area contributed by atoms with Crippen molar-refractivity contribution in [3.63, 3.8) is 0 Å². The van der Waals surface area contributed by atoms with Crippen LogP contribution in [0.15, 0.2) is 48.5 Å². The lowest BCUT2D eigenvalue weighted by Gasteiger charge is -2.05. The Kier molecular flexibility index (Phi) is 5.19. The van der Waals surface area contributed by atoms with E-state index in [0.717, 1.165) is 18.4 Å². The number of nitrogens with one attached hydrogen (secondary N) is 1. The van der Waals surface area contributed by atoms with Gasteiger partial charge in [0.05, 0.1) is 4.92 Å². The molecule has 0 saturated heterocycles. The first-order valence-corrected chi connectivity index (χ1v) is 6.83. The Morgan fingerprint density at radius 2 is 1.73 bits per heavy atom. The van der Waals surface area contributed by atoms with E-state index in [2.05, 4.69) is 5.32 Å². The van der Waals surface area contributed by atoms with Gasteiger partial charge in [-0.25, -0.2) is 4.39 Å². The minimum Gasteiger partial charge on any atom is -0.352 e. The van der Waals surface area contributed by atoms with Crippen LogP contribution in [-0.4, -0.2) is 17.4 Å². The van der Waals surface area contributed by atoms with Crippen molar-refractivity contribution in [2.24, 2.45) is 0 Å². The Labute approximate surface area is 126 Å². The van der Waals surface area contributed by atoms with Crippen molar-refractivity contribution in [1.82, 2.24) is 5.32 Å². The average molecular weight is 302 g/mol. The maximum atomic E-state index is 12.7. The smallest absolute Gasteiger partial charge is 0.269 e. The van der Waals surface area contributed by atoms with Crippen LogP contribution in [0.3, 0.4) is 0 Å². The first-order valence-electron chi connectivity index (χ1n) is 6.83. The number of non-ortho nitro benzene ring substituents is 1. The van der Waals surface area contributed by atoms with Gasteiger partial charge in [-0.3, -0.25) is 14.9 Å². The third kappa shape index (κ3) is 4.37. The molecule has 0 saturated carbocycles. The van der Waals surface area contributed by atoms with Gasteiger partial charge < -0.3 is 5.32 Å². The largest absolute Gasteiger partial charge is 0.352 e. The normalized spacial score (nSPS) is 10.2. The fourth-order valence-corrected chi connectivity index (χ4v) is 1.98. The maximum absolute atomic E-state index is 12.7. The van der Waals surface area contributed by atoms with Crippen molar-refractivity contribution < 1.29 is 14.1 Å². The Balaban J connectivity index is 1.77. The molecule has 2 aromatic carbocycles. The zero-order valence-electron chi connectivity index (χ0n) is 11.8. The molecule has 114 valence electrons. The molecule has 0 heterocycles. The minimum atomic E-state index is -0.510. The van der Waals surface area contributed by atoms with Crippen LogP contribution < -0.4 is 5.32 Å². The molecule has 6 heteroatoms. The van der Waals surface area contributed by atoms with E-state index in [-0.39, 0.29) is 17.4 Å². The number of hydrogen-bond acceptors (Lipinski definition) is 3. The highest BCUT2D eigenvalue weighted by Gasteiger charge is 2.08. The number of amides is 1. The zero-order valence-corrected chi connectivity index (χ0v) is 11.8. The second-order valence-corrected chi connectivity index (χ2v) is 4.79. The van der Waals surface area contributed by atoms with Crippen LogP contribution >= 0.6 is 0 Å². The highest BCUT2D eigenvalue weighted by atomic mass is 19.1. The molecule has 2 rings (SSSR count). The molecule has 5 nitrogen and oxygen atoms in total. The van der Waals surface area contributed by atoms with Gasteiger partial charge in [0.15, 0.2) is 0 Å². The summed E-state index contributed by atoms with van der Waals surface area (Å²) in [4.78, 5) is 21.9. The van der Waals surface area contributed by atoms with Gasteiger partial charge in [0.25, 0.3) is 11.6 Å². The van der Waals surface area contributed by atoms with Crippen molar-refractivity contribution in [1.29, 1.82) is 0 Å². The highest BCUT2D eigenvalue weighted by molar-refractivity contribution is 5.94. The molecule has 0 radical (unpaired) electrons. The molecule has 1 N–H and O–H groups in total. The van der Waals surface area contributed by atoms with Crippen LogP contribution in [0.5, 0.6) is 0 Å². The lowest BCUT2D eigenvalue weighted by molar-refractivity contribution is -0.384. The molecule has 2 aromatic rings. The average Bonchev–Trinajstić information content (AvgIpc) is 2.53. The second-order valence-electron chi connectivity index (χ2n) is 4.79. The third-order valence-corrected chi connectivity index (χ3v) is 3.18. The summed E-state index contributed by atoms with van der Waals surface area (Å²) in [7, 11) is 0. The molecule has 0 aromatic heterocycles. The predicted octanol–water partition coefficient (Wildman–Crippen LogP) is 3.10. The van der Waals surface area contributed by atoms with Gasteiger partial charge in [-0.05, 0) is 42.7 Å². The second kappa shape index (κ2) is 7.31. The van der Waals surface area contributed by atoms with Crippen molar-refractivity contribution in [2.75, 3.05) is 6.54 Å². The first kappa shape index (κ1) is 15.6. The highest BCUT2D eigenvalue weighted by Crippen LogP contribution is 2.11. The third-order valence-electron chi connectivity index (χ3n) is 3.18. The van der Waals surface area contributed by atoms with Crippen molar-refractivity contribution in [2.45, 2.75) is 12.8 Å². The molecule has 1 amide bonds. The van der Waals surface area contributed by atoms with Crippen LogP contribution in [0, 0.1) is 15.9 Å². The Bertz CT molecular complexity index is 654. The zero-order chi connectivity index (χ0) is 15.9. The molecular weight excluding hydrogens is 287 g/mol. The van der Waals surface area contributed by atoms with E-state index in [1.807, 2.05) is 0 Å². The fraction of sp³-hybridized carbons (Fsp3) is 0.188. The molecule has 0 aliphatic heterocycles. The lowest BCUT2D eigenvalue weighted by atomic mass is 10.1. The van der Waals surface area contributed by atoms with Gasteiger partial charge in [-0.1, -0.05) is 12.1 Å². The summed E-state index contributed by atoms with van der Waals surface area (Å²) in [5.41, 5.74) is 1.34. The molecule has 0 atom stereocenters. The Morgan fingerprint density at radius 1 is 1.09 bits per heavy atom. The van der Waals surface area contributed by atoms with Crippen molar-refractivity contribution in [3.05, 3.63) is 75.6 Å². The number of nitrogens with zero attached hydrogens (tertiary/aromatic N) is 1. The number of carbonyl (C=O) groups is 1. The van der Waals surface area contributed by atoms with Crippen LogP contribution in [0.1, 0.15) is 22.3 Å². The van der Waals surface area contributed by atoms with Crippen molar-refractivity contribution in [3.8, 4) is 0 Å². The van der Waals surface area contributed by atoms with E-state index in [9.17, 15) is 19.3 Å². The van der Waals surface area contributed by atoms with Gasteiger partial charge in [-0.2, -0.15) is 0 Å². The minimum absolute atomic E-state index is 0.0483. The summed E-state index contributed by atoms with van der Waals surface area (Å²) in [6.07, 6.45) is 1.46. The molecule has 0 aliphatic rings. The van der Waals surface area contributed by atoms with Gasteiger partial charge in [-0.15, -0.1) is 0 Å². The summed E-state index contributed by atoms with van der Waals surface area (Å²) >= 11 is 0. The number of rotatable bonds is 6. The molecule has 22 heavy (non-hydrogen) atoms. The quantitative estimate of drug-likeness (QED) is 0.506. The summed E-state index contributed by atoms with van der Waals surface area (Å²) < 4.78 is 12.7. The van der Waals surface area contributed by atoms with E-state index in [0.29, 0.717) is 12.1 Å². The first-order chi connectivity index (χ1) is 10.6. The standard InChI is InChI=1S/C16H15FN2O3/c17-14-7-3-12(4-8-14)2-1-11-18-16(20)13-5-9-15(10-6-13)19(21)22/h3-10H,1-2,11H2,(H,18,20). The van der Waals surface area contributed by atoms with E-state index in [1.165, 1.54) is 36.4 Å². The maximum Gasteiger partial charge on any atom is 0.269 e. The molecule has 0 spiro atoms. The molecule has 0 bridgehead atoms.